The minimum absolute atomic E-state index is 0.469. The predicted molar refractivity (Wildman–Crippen MR) is 98.1 cm³/mol. The highest BCUT2D eigenvalue weighted by atomic mass is 79.9. The highest BCUT2D eigenvalue weighted by Crippen LogP contribution is 2.47. The minimum atomic E-state index is 0.469. The van der Waals surface area contributed by atoms with Gasteiger partial charge in [-0.05, 0) is 83.5 Å². The first-order valence-electron chi connectivity index (χ1n) is 8.30. The standard InChI is InChI=1S/C18H30BrNS/c1-5-20-13-18(12-15-6-7-16(19)21-15)10-8-14(9-11-18)17(2,3)4/h6-7,14,20H,5,8-13H2,1-4H3. The lowest BCUT2D eigenvalue weighted by Crippen LogP contribution is -2.41. The fourth-order valence-corrected chi connectivity index (χ4v) is 5.38. The van der Waals surface area contributed by atoms with E-state index in [0.29, 0.717) is 10.8 Å². The summed E-state index contributed by atoms with van der Waals surface area (Å²) >= 11 is 5.51. The van der Waals surface area contributed by atoms with E-state index in [-0.39, 0.29) is 0 Å². The molecule has 1 heterocycles. The molecule has 21 heavy (non-hydrogen) atoms. The monoisotopic (exact) mass is 371 g/mol. The third-order valence-electron chi connectivity index (χ3n) is 5.20. The molecular formula is C18H30BrNS. The molecule has 0 spiro atoms. The fraction of sp³-hybridized carbons (Fsp3) is 0.778. The van der Waals surface area contributed by atoms with Crippen molar-refractivity contribution in [3.05, 3.63) is 20.8 Å². The number of nitrogens with one attached hydrogen (secondary N) is 1. The van der Waals surface area contributed by atoms with Gasteiger partial charge in [0, 0.05) is 11.4 Å². The average molecular weight is 372 g/mol. The molecule has 1 aromatic heterocycles. The zero-order valence-electron chi connectivity index (χ0n) is 14.0. The summed E-state index contributed by atoms with van der Waals surface area (Å²) in [5.41, 5.74) is 0.943. The van der Waals surface area contributed by atoms with Gasteiger partial charge >= 0.3 is 0 Å². The molecule has 1 aliphatic rings. The Morgan fingerprint density at radius 1 is 1.29 bits per heavy atom. The lowest BCUT2D eigenvalue weighted by Gasteiger charge is -2.44. The summed E-state index contributed by atoms with van der Waals surface area (Å²) in [6.07, 6.45) is 6.77. The van der Waals surface area contributed by atoms with E-state index in [1.54, 1.807) is 0 Å². The first-order valence-corrected chi connectivity index (χ1v) is 9.90. The maximum absolute atomic E-state index is 3.63. The summed E-state index contributed by atoms with van der Waals surface area (Å²) in [6.45, 7) is 11.7. The Hall–Kier alpha value is 0.140. The van der Waals surface area contributed by atoms with Gasteiger partial charge in [0.15, 0.2) is 0 Å². The van der Waals surface area contributed by atoms with E-state index in [0.717, 1.165) is 12.5 Å². The lowest BCUT2D eigenvalue weighted by molar-refractivity contribution is 0.0871. The quantitative estimate of drug-likeness (QED) is 0.680. The van der Waals surface area contributed by atoms with Gasteiger partial charge in [0.05, 0.1) is 3.79 Å². The first kappa shape index (κ1) is 17.5. The summed E-state index contributed by atoms with van der Waals surface area (Å²) in [5.74, 6) is 0.891. The second-order valence-electron chi connectivity index (χ2n) is 7.80. The first-order chi connectivity index (χ1) is 9.85. The zero-order chi connectivity index (χ0) is 15.5. The van der Waals surface area contributed by atoms with Crippen molar-refractivity contribution in [2.75, 3.05) is 13.1 Å². The Morgan fingerprint density at radius 3 is 2.43 bits per heavy atom. The van der Waals surface area contributed by atoms with Gasteiger partial charge in [-0.2, -0.15) is 0 Å². The number of hydrogen-bond acceptors (Lipinski definition) is 2. The number of rotatable bonds is 5. The summed E-state index contributed by atoms with van der Waals surface area (Å²) in [7, 11) is 0. The van der Waals surface area contributed by atoms with Crippen LogP contribution in [-0.4, -0.2) is 13.1 Å². The van der Waals surface area contributed by atoms with Crippen LogP contribution in [0.5, 0.6) is 0 Å². The normalized spacial score (nSPS) is 27.0. The Morgan fingerprint density at radius 2 is 1.95 bits per heavy atom. The van der Waals surface area contributed by atoms with E-state index < -0.39 is 0 Å². The maximum atomic E-state index is 3.63. The second kappa shape index (κ2) is 7.14. The molecule has 0 amide bonds. The fourth-order valence-electron chi connectivity index (χ4n) is 3.72. The van der Waals surface area contributed by atoms with E-state index in [4.69, 9.17) is 0 Å². The van der Waals surface area contributed by atoms with Gasteiger partial charge in [0.1, 0.15) is 0 Å². The molecule has 0 aliphatic heterocycles. The van der Waals surface area contributed by atoms with Gasteiger partial charge < -0.3 is 5.32 Å². The number of hydrogen-bond donors (Lipinski definition) is 1. The van der Waals surface area contributed by atoms with Crippen molar-refractivity contribution in [2.45, 2.75) is 59.8 Å². The van der Waals surface area contributed by atoms with Crippen LogP contribution in [-0.2, 0) is 6.42 Å². The van der Waals surface area contributed by atoms with Crippen molar-refractivity contribution < 1.29 is 0 Å². The molecule has 0 atom stereocenters. The summed E-state index contributed by atoms with van der Waals surface area (Å²) in [6, 6.07) is 4.50. The Kier molecular flexibility index (Phi) is 5.95. The second-order valence-corrected chi connectivity index (χ2v) is 10.4. The van der Waals surface area contributed by atoms with Crippen LogP contribution >= 0.6 is 27.3 Å². The van der Waals surface area contributed by atoms with Gasteiger partial charge in [-0.3, -0.25) is 0 Å². The molecule has 3 heteroatoms. The molecule has 1 aromatic rings. The van der Waals surface area contributed by atoms with Crippen molar-refractivity contribution in [3.8, 4) is 0 Å². The highest BCUT2D eigenvalue weighted by Gasteiger charge is 2.38. The van der Waals surface area contributed by atoms with Gasteiger partial charge in [0.2, 0.25) is 0 Å². The highest BCUT2D eigenvalue weighted by molar-refractivity contribution is 9.11. The average Bonchev–Trinajstić information content (AvgIpc) is 2.81. The van der Waals surface area contributed by atoms with Crippen LogP contribution in [0.1, 0.15) is 58.3 Å². The van der Waals surface area contributed by atoms with Crippen molar-refractivity contribution in [1.82, 2.24) is 5.32 Å². The van der Waals surface area contributed by atoms with Crippen LogP contribution in [0.3, 0.4) is 0 Å². The molecular weight excluding hydrogens is 342 g/mol. The predicted octanol–water partition coefficient (Wildman–Crippen LogP) is 5.89. The van der Waals surface area contributed by atoms with E-state index in [2.05, 4.69) is 61.1 Å². The minimum Gasteiger partial charge on any atom is -0.316 e. The van der Waals surface area contributed by atoms with Crippen molar-refractivity contribution in [2.24, 2.45) is 16.7 Å². The molecule has 0 saturated heterocycles. The molecule has 0 radical (unpaired) electrons. The molecule has 2 rings (SSSR count). The summed E-state index contributed by atoms with van der Waals surface area (Å²) < 4.78 is 1.26. The van der Waals surface area contributed by atoms with E-state index in [9.17, 15) is 0 Å². The number of thiophene rings is 1. The molecule has 1 saturated carbocycles. The van der Waals surface area contributed by atoms with E-state index >= 15 is 0 Å². The van der Waals surface area contributed by atoms with Crippen molar-refractivity contribution >= 4 is 27.3 Å². The van der Waals surface area contributed by atoms with E-state index in [1.165, 1.54) is 47.3 Å². The van der Waals surface area contributed by atoms with Crippen molar-refractivity contribution in [1.29, 1.82) is 0 Å². The lowest BCUT2D eigenvalue weighted by atomic mass is 9.63. The largest absolute Gasteiger partial charge is 0.316 e. The zero-order valence-corrected chi connectivity index (χ0v) is 16.4. The topological polar surface area (TPSA) is 12.0 Å². The van der Waals surface area contributed by atoms with Crippen LogP contribution < -0.4 is 5.32 Å². The Bertz CT molecular complexity index is 438. The van der Waals surface area contributed by atoms with Gasteiger partial charge in [-0.25, -0.2) is 0 Å². The van der Waals surface area contributed by atoms with Gasteiger partial charge in [-0.1, -0.05) is 27.7 Å². The number of halogens is 1. The molecule has 1 N–H and O–H groups in total. The van der Waals surface area contributed by atoms with Crippen LogP contribution in [0.4, 0.5) is 0 Å². The van der Waals surface area contributed by atoms with Gasteiger partial charge in [0.25, 0.3) is 0 Å². The Labute approximate surface area is 143 Å². The third-order valence-corrected chi connectivity index (χ3v) is 6.82. The molecule has 1 fully saturated rings. The molecule has 1 aliphatic carbocycles. The maximum Gasteiger partial charge on any atom is 0.0701 e. The van der Waals surface area contributed by atoms with Crippen LogP contribution in [0, 0.1) is 16.7 Å². The van der Waals surface area contributed by atoms with Crippen molar-refractivity contribution in [3.63, 3.8) is 0 Å². The molecule has 1 nitrogen and oxygen atoms in total. The SMILES string of the molecule is CCNCC1(Cc2ccc(Br)s2)CCC(C(C)(C)C)CC1. The third kappa shape index (κ3) is 4.80. The molecule has 0 aromatic carbocycles. The molecule has 120 valence electrons. The van der Waals surface area contributed by atoms with Gasteiger partial charge in [-0.15, -0.1) is 11.3 Å². The van der Waals surface area contributed by atoms with Crippen LogP contribution in [0.25, 0.3) is 0 Å². The van der Waals surface area contributed by atoms with E-state index in [1.807, 2.05) is 11.3 Å². The smallest absolute Gasteiger partial charge is 0.0701 e. The summed E-state index contributed by atoms with van der Waals surface area (Å²) in [4.78, 5) is 1.54. The Balaban J connectivity index is 2.05. The van der Waals surface area contributed by atoms with Crippen LogP contribution in [0.15, 0.2) is 15.9 Å². The molecule has 0 unspecified atom stereocenters. The summed E-state index contributed by atoms with van der Waals surface area (Å²) in [5, 5.41) is 3.63. The van der Waals surface area contributed by atoms with Crippen LogP contribution in [0.2, 0.25) is 0 Å². The molecule has 0 bridgehead atoms.